The van der Waals surface area contributed by atoms with Gasteiger partial charge >= 0.3 is 0 Å². The molecule has 0 bridgehead atoms. The lowest BCUT2D eigenvalue weighted by Gasteiger charge is -2.31. The number of hydrogen-bond donors (Lipinski definition) is 0. The first-order chi connectivity index (χ1) is 12.2. The zero-order valence-corrected chi connectivity index (χ0v) is 15.4. The van der Waals surface area contributed by atoms with Gasteiger partial charge in [-0.05, 0) is 24.4 Å². The first kappa shape index (κ1) is 16.8. The lowest BCUT2D eigenvalue weighted by Crippen LogP contribution is -2.43. The number of ether oxygens (including phenoxy) is 1. The summed E-state index contributed by atoms with van der Waals surface area (Å²) in [7, 11) is 2.03. The second-order valence-electron chi connectivity index (χ2n) is 7.17. The number of carbonyl (C=O) groups is 1. The third-order valence-corrected chi connectivity index (χ3v) is 6.12. The summed E-state index contributed by atoms with van der Waals surface area (Å²) in [6.07, 6.45) is 4.89. The number of carbonyl (C=O) groups excluding carboxylic acids is 1. The van der Waals surface area contributed by atoms with Crippen LogP contribution in [0.4, 0.5) is 0 Å². The molecule has 2 aromatic heterocycles. The molecule has 2 aromatic rings. The van der Waals surface area contributed by atoms with Gasteiger partial charge < -0.3 is 14.2 Å². The third kappa shape index (κ3) is 3.49. The molecule has 0 aromatic carbocycles. The van der Waals surface area contributed by atoms with E-state index in [4.69, 9.17) is 4.74 Å². The van der Waals surface area contributed by atoms with Crippen molar-refractivity contribution in [1.29, 1.82) is 0 Å². The van der Waals surface area contributed by atoms with Gasteiger partial charge in [0, 0.05) is 44.5 Å². The number of hydrogen-bond acceptors (Lipinski definition) is 5. The van der Waals surface area contributed by atoms with Crippen molar-refractivity contribution >= 4 is 17.2 Å². The smallest absolute Gasteiger partial charge is 0.264 e. The number of rotatable bonds is 3. The minimum absolute atomic E-state index is 0.0363. The van der Waals surface area contributed by atoms with Crippen LogP contribution in [-0.4, -0.2) is 64.7 Å². The van der Waals surface area contributed by atoms with Gasteiger partial charge in [0.2, 0.25) is 0 Å². The quantitative estimate of drug-likeness (QED) is 0.838. The molecule has 1 amide bonds. The van der Waals surface area contributed by atoms with Crippen molar-refractivity contribution in [3.8, 4) is 0 Å². The second-order valence-corrected chi connectivity index (χ2v) is 8.12. The van der Waals surface area contributed by atoms with Crippen LogP contribution in [0.25, 0.3) is 0 Å². The molecule has 0 radical (unpaired) electrons. The molecule has 1 spiro atoms. The number of thiophene rings is 1. The van der Waals surface area contributed by atoms with Crippen LogP contribution < -0.4 is 0 Å². The van der Waals surface area contributed by atoms with Crippen LogP contribution in [-0.2, 0) is 18.3 Å². The Morgan fingerprint density at radius 1 is 1.40 bits per heavy atom. The lowest BCUT2D eigenvalue weighted by molar-refractivity contribution is 0.0645. The monoisotopic (exact) mass is 360 g/mol. The molecule has 2 aliphatic heterocycles. The van der Waals surface area contributed by atoms with Crippen molar-refractivity contribution in [2.75, 3.05) is 39.4 Å². The summed E-state index contributed by atoms with van der Waals surface area (Å²) < 4.78 is 7.97. The molecular formula is C18H24N4O2S. The Labute approximate surface area is 152 Å². The topological polar surface area (TPSA) is 50.6 Å². The molecule has 4 rings (SSSR count). The highest BCUT2D eigenvalue weighted by molar-refractivity contribution is 7.12. The Hall–Kier alpha value is -1.70. The van der Waals surface area contributed by atoms with E-state index in [-0.39, 0.29) is 11.3 Å². The van der Waals surface area contributed by atoms with E-state index in [0.29, 0.717) is 13.2 Å². The molecule has 0 unspecified atom stereocenters. The molecule has 1 atom stereocenters. The molecule has 0 aliphatic carbocycles. The number of amides is 1. The van der Waals surface area contributed by atoms with Crippen LogP contribution in [0.15, 0.2) is 29.9 Å². The van der Waals surface area contributed by atoms with Crippen LogP contribution in [0, 0.1) is 5.41 Å². The number of aromatic nitrogens is 2. The summed E-state index contributed by atoms with van der Waals surface area (Å²) >= 11 is 1.51. The third-order valence-electron chi connectivity index (χ3n) is 5.26. The highest BCUT2D eigenvalue weighted by Crippen LogP contribution is 2.34. The Kier molecular flexibility index (Phi) is 4.62. The molecule has 2 fully saturated rings. The number of aryl methyl sites for hydroxylation is 1. The number of imidazole rings is 1. The fourth-order valence-electron chi connectivity index (χ4n) is 3.88. The van der Waals surface area contributed by atoms with Gasteiger partial charge in [0.05, 0.1) is 24.6 Å². The molecule has 2 aliphatic rings. The maximum absolute atomic E-state index is 12.8. The SMILES string of the molecule is Cn1ccnc1CN1CC[C@]2(COCCN(C(=O)c3cccs3)C2)C1. The standard InChI is InChI=1S/C18H24N4O2S/c1-20-7-5-19-16(20)11-21-6-4-18(12-21)13-22(8-9-24-14-18)17(23)15-3-2-10-25-15/h2-3,5,7,10H,4,6,8-9,11-14H2,1H3/t18-/m0/s1. The van der Waals surface area contributed by atoms with Gasteiger partial charge in [0.1, 0.15) is 5.82 Å². The van der Waals surface area contributed by atoms with Crippen LogP contribution in [0.2, 0.25) is 0 Å². The van der Waals surface area contributed by atoms with Crippen molar-refractivity contribution in [3.05, 3.63) is 40.6 Å². The molecule has 4 heterocycles. The average Bonchev–Trinajstić information content (AvgIpc) is 3.31. The van der Waals surface area contributed by atoms with Crippen LogP contribution in [0.1, 0.15) is 21.9 Å². The zero-order chi connectivity index (χ0) is 17.3. The van der Waals surface area contributed by atoms with E-state index < -0.39 is 0 Å². The second kappa shape index (κ2) is 6.90. The lowest BCUT2D eigenvalue weighted by atomic mass is 9.87. The van der Waals surface area contributed by atoms with Crippen molar-refractivity contribution in [2.45, 2.75) is 13.0 Å². The number of nitrogens with zero attached hydrogens (tertiary/aromatic N) is 4. The van der Waals surface area contributed by atoms with Gasteiger partial charge in [-0.2, -0.15) is 0 Å². The van der Waals surface area contributed by atoms with Gasteiger partial charge in [-0.3, -0.25) is 9.69 Å². The Morgan fingerprint density at radius 2 is 2.32 bits per heavy atom. The maximum atomic E-state index is 12.8. The van der Waals surface area contributed by atoms with E-state index in [1.54, 1.807) is 0 Å². The van der Waals surface area contributed by atoms with Gasteiger partial charge in [-0.25, -0.2) is 4.98 Å². The Bertz CT molecular complexity index is 729. The summed E-state index contributed by atoms with van der Waals surface area (Å²) in [6, 6.07) is 3.85. The predicted molar refractivity (Wildman–Crippen MR) is 96.6 cm³/mol. The molecule has 25 heavy (non-hydrogen) atoms. The minimum atomic E-state index is 0.0363. The Morgan fingerprint density at radius 3 is 3.08 bits per heavy atom. The minimum Gasteiger partial charge on any atom is -0.379 e. The van der Waals surface area contributed by atoms with E-state index in [9.17, 15) is 4.79 Å². The van der Waals surface area contributed by atoms with Crippen molar-refractivity contribution in [1.82, 2.24) is 19.4 Å². The fourth-order valence-corrected chi connectivity index (χ4v) is 4.57. The van der Waals surface area contributed by atoms with E-state index in [1.165, 1.54) is 11.3 Å². The zero-order valence-electron chi connectivity index (χ0n) is 14.6. The van der Waals surface area contributed by atoms with Crippen LogP contribution >= 0.6 is 11.3 Å². The van der Waals surface area contributed by atoms with E-state index in [2.05, 4.69) is 14.5 Å². The summed E-state index contributed by atoms with van der Waals surface area (Å²) in [6.45, 7) is 5.64. The molecule has 0 saturated carbocycles. The van der Waals surface area contributed by atoms with Gasteiger partial charge in [0.25, 0.3) is 5.91 Å². The first-order valence-corrected chi connectivity index (χ1v) is 9.62. The summed E-state index contributed by atoms with van der Waals surface area (Å²) in [5.41, 5.74) is 0.0363. The average molecular weight is 360 g/mol. The van der Waals surface area contributed by atoms with Crippen molar-refractivity contribution in [2.24, 2.45) is 12.5 Å². The summed E-state index contributed by atoms with van der Waals surface area (Å²) in [5.74, 6) is 1.22. The summed E-state index contributed by atoms with van der Waals surface area (Å²) in [4.78, 5) is 22.5. The van der Waals surface area contributed by atoms with E-state index in [0.717, 1.165) is 49.9 Å². The van der Waals surface area contributed by atoms with E-state index >= 15 is 0 Å². The molecule has 2 saturated heterocycles. The molecule has 6 nitrogen and oxygen atoms in total. The van der Waals surface area contributed by atoms with Crippen molar-refractivity contribution in [3.63, 3.8) is 0 Å². The van der Waals surface area contributed by atoms with Gasteiger partial charge in [-0.1, -0.05) is 6.07 Å². The predicted octanol–water partition coefficient (Wildman–Crippen LogP) is 1.85. The highest BCUT2D eigenvalue weighted by Gasteiger charge is 2.42. The molecule has 7 heteroatoms. The fraction of sp³-hybridized carbons (Fsp3) is 0.556. The van der Waals surface area contributed by atoms with E-state index in [1.807, 2.05) is 41.9 Å². The highest BCUT2D eigenvalue weighted by atomic mass is 32.1. The Balaban J connectivity index is 1.45. The molecular weight excluding hydrogens is 336 g/mol. The molecule has 0 N–H and O–H groups in total. The van der Waals surface area contributed by atoms with Gasteiger partial charge in [0.15, 0.2) is 0 Å². The van der Waals surface area contributed by atoms with Crippen LogP contribution in [0.5, 0.6) is 0 Å². The van der Waals surface area contributed by atoms with Crippen LogP contribution in [0.3, 0.4) is 0 Å². The van der Waals surface area contributed by atoms with Gasteiger partial charge in [-0.15, -0.1) is 11.3 Å². The van der Waals surface area contributed by atoms with Crippen molar-refractivity contribution < 1.29 is 9.53 Å². The first-order valence-electron chi connectivity index (χ1n) is 8.74. The molecule has 134 valence electrons. The summed E-state index contributed by atoms with van der Waals surface area (Å²) in [5, 5.41) is 1.96. The maximum Gasteiger partial charge on any atom is 0.264 e. The largest absolute Gasteiger partial charge is 0.379 e. The number of likely N-dealkylation sites (tertiary alicyclic amines) is 1. The normalized spacial score (nSPS) is 24.8.